The van der Waals surface area contributed by atoms with E-state index < -0.39 is 0 Å². The number of hydrogen-bond acceptors (Lipinski definition) is 3. The maximum Gasteiger partial charge on any atom is 0.221 e. The van der Waals surface area contributed by atoms with Crippen molar-refractivity contribution in [2.75, 3.05) is 20.1 Å². The Hall–Kier alpha value is -2.24. The average Bonchev–Trinajstić information content (AvgIpc) is 2.59. The lowest BCUT2D eigenvalue weighted by atomic mass is 10.2. The Morgan fingerprint density at radius 3 is 2.60 bits per heavy atom. The lowest BCUT2D eigenvalue weighted by Crippen LogP contribution is -2.43. The van der Waals surface area contributed by atoms with Crippen LogP contribution in [-0.2, 0) is 4.79 Å². The van der Waals surface area contributed by atoms with E-state index in [9.17, 15) is 4.79 Å². The van der Waals surface area contributed by atoms with Crippen LogP contribution >= 0.6 is 0 Å². The van der Waals surface area contributed by atoms with Gasteiger partial charge in [-0.25, -0.2) is 0 Å². The van der Waals surface area contributed by atoms with Gasteiger partial charge in [-0.1, -0.05) is 25.1 Å². The van der Waals surface area contributed by atoms with Gasteiger partial charge in [0.2, 0.25) is 5.91 Å². The van der Waals surface area contributed by atoms with Crippen LogP contribution in [0, 0.1) is 6.92 Å². The van der Waals surface area contributed by atoms with Crippen molar-refractivity contribution >= 4 is 11.9 Å². The van der Waals surface area contributed by atoms with Crippen molar-refractivity contribution in [1.82, 2.24) is 16.0 Å². The second-order valence-corrected chi connectivity index (χ2v) is 6.20. The van der Waals surface area contributed by atoms with Gasteiger partial charge in [0.25, 0.3) is 0 Å². The highest BCUT2D eigenvalue weighted by Crippen LogP contribution is 2.17. The average molecular weight is 348 g/mol. The molecule has 0 aliphatic carbocycles. The molecule has 0 saturated carbocycles. The number of amides is 1. The van der Waals surface area contributed by atoms with E-state index >= 15 is 0 Å². The van der Waals surface area contributed by atoms with Crippen LogP contribution < -0.4 is 20.7 Å². The molecule has 3 N–H and O–H groups in total. The third-order valence-electron chi connectivity index (χ3n) is 3.87. The van der Waals surface area contributed by atoms with Gasteiger partial charge in [0, 0.05) is 26.1 Å². The van der Waals surface area contributed by atoms with Crippen molar-refractivity contribution in [3.63, 3.8) is 0 Å². The van der Waals surface area contributed by atoms with E-state index in [2.05, 4.69) is 27.9 Å². The van der Waals surface area contributed by atoms with Gasteiger partial charge in [0.15, 0.2) is 5.96 Å². The van der Waals surface area contributed by atoms with Crippen LogP contribution in [0.3, 0.4) is 0 Å². The SMILES string of the molecule is CCC(C)NC(=O)CCNC(=NC)NCC(C)Oc1ccccc1C. The minimum absolute atomic E-state index is 0.00616. The first-order chi connectivity index (χ1) is 12.0. The first-order valence-corrected chi connectivity index (χ1v) is 8.92. The van der Waals surface area contributed by atoms with Crippen molar-refractivity contribution in [3.8, 4) is 5.75 Å². The molecule has 0 aromatic heterocycles. The van der Waals surface area contributed by atoms with E-state index in [4.69, 9.17) is 4.74 Å². The third kappa shape index (κ3) is 8.42. The molecule has 2 unspecified atom stereocenters. The largest absolute Gasteiger partial charge is 0.489 e. The van der Waals surface area contributed by atoms with Gasteiger partial charge in [0.1, 0.15) is 11.9 Å². The molecule has 2 atom stereocenters. The zero-order valence-electron chi connectivity index (χ0n) is 16.1. The molecule has 1 aromatic rings. The molecule has 0 fully saturated rings. The van der Waals surface area contributed by atoms with Crippen molar-refractivity contribution in [1.29, 1.82) is 0 Å². The molecular weight excluding hydrogens is 316 g/mol. The number of nitrogens with zero attached hydrogens (tertiary/aromatic N) is 1. The van der Waals surface area contributed by atoms with Crippen LogP contribution in [0.5, 0.6) is 5.75 Å². The minimum Gasteiger partial charge on any atom is -0.489 e. The van der Waals surface area contributed by atoms with Crippen LogP contribution in [0.4, 0.5) is 0 Å². The number of benzene rings is 1. The molecule has 0 radical (unpaired) electrons. The van der Waals surface area contributed by atoms with Crippen molar-refractivity contribution < 1.29 is 9.53 Å². The number of carbonyl (C=O) groups excluding carboxylic acids is 1. The first-order valence-electron chi connectivity index (χ1n) is 8.92. The summed E-state index contributed by atoms with van der Waals surface area (Å²) in [6.45, 7) is 9.24. The number of aryl methyl sites for hydroxylation is 1. The Morgan fingerprint density at radius 1 is 1.24 bits per heavy atom. The molecule has 1 amide bonds. The van der Waals surface area contributed by atoms with E-state index in [-0.39, 0.29) is 18.1 Å². The highest BCUT2D eigenvalue weighted by atomic mass is 16.5. The smallest absolute Gasteiger partial charge is 0.221 e. The Bertz CT molecular complexity index is 560. The monoisotopic (exact) mass is 348 g/mol. The van der Waals surface area contributed by atoms with Crippen molar-refractivity contribution in [3.05, 3.63) is 29.8 Å². The molecule has 6 nitrogen and oxygen atoms in total. The van der Waals surface area contributed by atoms with Crippen molar-refractivity contribution in [2.45, 2.75) is 52.7 Å². The normalized spacial score (nSPS) is 13.7. The molecule has 0 bridgehead atoms. The molecule has 0 heterocycles. The Labute approximate surface area is 151 Å². The third-order valence-corrected chi connectivity index (χ3v) is 3.87. The van der Waals surface area contributed by atoms with Gasteiger partial charge in [-0.15, -0.1) is 0 Å². The number of aliphatic imine (C=N–C) groups is 1. The standard InChI is InChI=1S/C19H32N4O2/c1-6-15(3)23-18(24)11-12-21-19(20-5)22-13-16(4)25-17-10-8-7-9-14(17)2/h7-10,15-16H,6,11-13H2,1-5H3,(H,23,24)(H2,20,21,22). The van der Waals surface area contributed by atoms with E-state index in [0.29, 0.717) is 25.5 Å². The lowest BCUT2D eigenvalue weighted by Gasteiger charge is -2.19. The van der Waals surface area contributed by atoms with E-state index in [1.807, 2.05) is 45.0 Å². The number of nitrogens with one attached hydrogen (secondary N) is 3. The first kappa shape index (κ1) is 20.8. The molecule has 0 spiro atoms. The molecule has 6 heteroatoms. The summed E-state index contributed by atoms with van der Waals surface area (Å²) in [5, 5.41) is 9.31. The fraction of sp³-hybridized carbons (Fsp3) is 0.579. The predicted octanol–water partition coefficient (Wildman–Crippen LogP) is 2.23. The Morgan fingerprint density at radius 2 is 1.96 bits per heavy atom. The van der Waals surface area contributed by atoms with Gasteiger partial charge in [-0.3, -0.25) is 9.79 Å². The van der Waals surface area contributed by atoms with Crippen LogP contribution in [0.15, 0.2) is 29.3 Å². The molecule has 0 aliphatic rings. The zero-order chi connectivity index (χ0) is 18.7. The summed E-state index contributed by atoms with van der Waals surface area (Å²) in [6, 6.07) is 8.17. The van der Waals surface area contributed by atoms with Gasteiger partial charge in [-0.05, 0) is 38.8 Å². The minimum atomic E-state index is -0.00616. The molecule has 0 aliphatic heterocycles. The number of hydrogen-bond donors (Lipinski definition) is 3. The molecule has 25 heavy (non-hydrogen) atoms. The number of guanidine groups is 1. The summed E-state index contributed by atoms with van der Waals surface area (Å²) in [4.78, 5) is 15.9. The fourth-order valence-corrected chi connectivity index (χ4v) is 2.15. The quantitative estimate of drug-likeness (QED) is 0.473. The highest BCUT2D eigenvalue weighted by Gasteiger charge is 2.08. The Kier molecular flexibility index (Phi) is 9.43. The number of rotatable bonds is 9. The van der Waals surface area contributed by atoms with Crippen molar-refractivity contribution in [2.24, 2.45) is 4.99 Å². The second-order valence-electron chi connectivity index (χ2n) is 6.20. The van der Waals surface area contributed by atoms with Crippen LogP contribution in [0.1, 0.15) is 39.2 Å². The number of ether oxygens (including phenoxy) is 1. The highest BCUT2D eigenvalue weighted by molar-refractivity contribution is 5.81. The maximum atomic E-state index is 11.8. The molecule has 1 rings (SSSR count). The summed E-state index contributed by atoms with van der Waals surface area (Å²) < 4.78 is 5.93. The second kappa shape index (κ2) is 11.3. The van der Waals surface area contributed by atoms with Gasteiger partial charge >= 0.3 is 0 Å². The lowest BCUT2D eigenvalue weighted by molar-refractivity contribution is -0.121. The van der Waals surface area contributed by atoms with Crippen LogP contribution in [0.2, 0.25) is 0 Å². The number of carbonyl (C=O) groups is 1. The number of para-hydroxylation sites is 1. The summed E-state index contributed by atoms with van der Waals surface area (Å²) in [5.41, 5.74) is 1.11. The summed E-state index contributed by atoms with van der Waals surface area (Å²) in [7, 11) is 1.71. The van der Waals surface area contributed by atoms with E-state index in [0.717, 1.165) is 17.7 Å². The van der Waals surface area contributed by atoms with E-state index in [1.54, 1.807) is 7.05 Å². The summed E-state index contributed by atoms with van der Waals surface area (Å²) in [6.07, 6.45) is 1.34. The van der Waals surface area contributed by atoms with Gasteiger partial charge in [-0.2, -0.15) is 0 Å². The summed E-state index contributed by atoms with van der Waals surface area (Å²) in [5.74, 6) is 1.60. The molecule has 1 aromatic carbocycles. The molecule has 0 saturated heterocycles. The molecule has 140 valence electrons. The van der Waals surface area contributed by atoms with Gasteiger partial charge in [0.05, 0.1) is 6.54 Å². The van der Waals surface area contributed by atoms with Gasteiger partial charge < -0.3 is 20.7 Å². The zero-order valence-corrected chi connectivity index (χ0v) is 16.1. The van der Waals surface area contributed by atoms with Crippen LogP contribution in [0.25, 0.3) is 0 Å². The predicted molar refractivity (Wildman–Crippen MR) is 103 cm³/mol. The Balaban J connectivity index is 2.29. The fourth-order valence-electron chi connectivity index (χ4n) is 2.15. The van der Waals surface area contributed by atoms with Crippen LogP contribution in [-0.4, -0.2) is 44.1 Å². The molecular formula is C19H32N4O2. The van der Waals surface area contributed by atoms with E-state index in [1.165, 1.54) is 0 Å². The summed E-state index contributed by atoms with van der Waals surface area (Å²) >= 11 is 0. The topological polar surface area (TPSA) is 74.8 Å². The maximum absolute atomic E-state index is 11.8.